The summed E-state index contributed by atoms with van der Waals surface area (Å²) in [6.07, 6.45) is 1.23. The number of rotatable bonds is 3. The molecule has 1 heterocycles. The summed E-state index contributed by atoms with van der Waals surface area (Å²) in [5, 5.41) is 9.22. The van der Waals surface area contributed by atoms with Gasteiger partial charge in [-0.15, -0.1) is 0 Å². The Balaban J connectivity index is 2.45. The summed E-state index contributed by atoms with van der Waals surface area (Å²) in [5.41, 5.74) is 0. The molecule has 1 fully saturated rings. The molecule has 4 heteroatoms. The molecule has 1 atom stereocenters. The molecule has 0 aromatic rings. The van der Waals surface area contributed by atoms with Crippen molar-refractivity contribution in [2.75, 3.05) is 30.8 Å². The maximum absolute atomic E-state index is 9.22. The lowest BCUT2D eigenvalue weighted by Crippen LogP contribution is -2.51. The van der Waals surface area contributed by atoms with Gasteiger partial charge in [0.2, 0.25) is 0 Å². The SMILES string of the molecule is C[Si](C)(C)CN1CCSCC1CO. The molecule has 0 bridgehead atoms. The number of aliphatic hydroxyl groups is 1. The Bertz CT molecular complexity index is 160. The zero-order valence-corrected chi connectivity index (χ0v) is 10.7. The van der Waals surface area contributed by atoms with E-state index in [1.165, 1.54) is 18.5 Å². The van der Waals surface area contributed by atoms with Crippen LogP contribution in [0.15, 0.2) is 0 Å². The summed E-state index contributed by atoms with van der Waals surface area (Å²) >= 11 is 1.97. The van der Waals surface area contributed by atoms with E-state index in [2.05, 4.69) is 24.5 Å². The molecule has 0 aromatic carbocycles. The number of hydrogen-bond donors (Lipinski definition) is 1. The first-order valence-electron chi connectivity index (χ1n) is 4.95. The van der Waals surface area contributed by atoms with Crippen LogP contribution in [0, 0.1) is 0 Å². The third kappa shape index (κ3) is 4.02. The molecule has 13 heavy (non-hydrogen) atoms. The van der Waals surface area contributed by atoms with E-state index in [0.29, 0.717) is 12.6 Å². The van der Waals surface area contributed by atoms with Gasteiger partial charge in [0.15, 0.2) is 0 Å². The average Bonchev–Trinajstić information content (AvgIpc) is 2.02. The van der Waals surface area contributed by atoms with Gasteiger partial charge in [-0.2, -0.15) is 11.8 Å². The predicted molar refractivity (Wildman–Crippen MR) is 63.1 cm³/mol. The molecule has 1 saturated heterocycles. The lowest BCUT2D eigenvalue weighted by molar-refractivity contribution is 0.155. The van der Waals surface area contributed by atoms with Crippen molar-refractivity contribution in [1.29, 1.82) is 0 Å². The van der Waals surface area contributed by atoms with E-state index >= 15 is 0 Å². The Labute approximate surface area is 86.7 Å². The van der Waals surface area contributed by atoms with E-state index in [4.69, 9.17) is 0 Å². The van der Waals surface area contributed by atoms with E-state index in [9.17, 15) is 5.11 Å². The van der Waals surface area contributed by atoms with Crippen molar-refractivity contribution in [2.45, 2.75) is 25.7 Å². The van der Waals surface area contributed by atoms with Gasteiger partial charge < -0.3 is 5.11 Å². The van der Waals surface area contributed by atoms with Crippen LogP contribution in [0.3, 0.4) is 0 Å². The number of thioether (sulfide) groups is 1. The molecule has 1 aliphatic rings. The summed E-state index contributed by atoms with van der Waals surface area (Å²) in [6.45, 7) is 8.67. The molecule has 0 aromatic heterocycles. The highest BCUT2D eigenvalue weighted by molar-refractivity contribution is 7.99. The first-order chi connectivity index (χ1) is 6.03. The summed E-state index contributed by atoms with van der Waals surface area (Å²) in [6, 6.07) is 0.422. The Hall–Kier alpha value is 0.487. The zero-order valence-electron chi connectivity index (χ0n) is 8.92. The van der Waals surface area contributed by atoms with E-state index in [0.717, 1.165) is 5.75 Å². The van der Waals surface area contributed by atoms with Gasteiger partial charge in [0.1, 0.15) is 0 Å². The van der Waals surface area contributed by atoms with Crippen molar-refractivity contribution in [3.63, 3.8) is 0 Å². The van der Waals surface area contributed by atoms with Crippen LogP contribution in [-0.4, -0.2) is 54.9 Å². The average molecular weight is 219 g/mol. The summed E-state index contributed by atoms with van der Waals surface area (Å²) in [4.78, 5) is 2.49. The second-order valence-corrected chi connectivity index (χ2v) is 11.5. The van der Waals surface area contributed by atoms with Crippen LogP contribution >= 0.6 is 11.8 Å². The van der Waals surface area contributed by atoms with Crippen LogP contribution in [-0.2, 0) is 0 Å². The first-order valence-corrected chi connectivity index (χ1v) is 9.82. The summed E-state index contributed by atoms with van der Waals surface area (Å²) < 4.78 is 0. The van der Waals surface area contributed by atoms with Crippen molar-refractivity contribution in [3.8, 4) is 0 Å². The van der Waals surface area contributed by atoms with Crippen LogP contribution < -0.4 is 0 Å². The maximum Gasteiger partial charge on any atom is 0.0599 e. The lowest BCUT2D eigenvalue weighted by atomic mass is 10.3. The molecule has 0 saturated carbocycles. The highest BCUT2D eigenvalue weighted by Crippen LogP contribution is 2.18. The molecule has 2 nitrogen and oxygen atoms in total. The standard InChI is InChI=1S/C9H21NOSSi/c1-13(2,3)8-10-4-5-12-7-9(10)6-11/h9,11H,4-8H2,1-3H3. The van der Waals surface area contributed by atoms with Crippen LogP contribution in [0.2, 0.25) is 19.6 Å². The smallest absolute Gasteiger partial charge is 0.0599 e. The normalized spacial score (nSPS) is 26.3. The van der Waals surface area contributed by atoms with E-state index < -0.39 is 8.07 Å². The molecule has 1 unspecified atom stereocenters. The molecule has 1 aliphatic heterocycles. The van der Waals surface area contributed by atoms with Gasteiger partial charge in [-0.1, -0.05) is 19.6 Å². The molecule has 1 rings (SSSR count). The van der Waals surface area contributed by atoms with E-state index in [1.54, 1.807) is 0 Å². The molecule has 0 radical (unpaired) electrons. The zero-order chi connectivity index (χ0) is 9.90. The molecule has 0 amide bonds. The minimum atomic E-state index is -0.997. The second-order valence-electron chi connectivity index (χ2n) is 4.94. The first kappa shape index (κ1) is 11.6. The van der Waals surface area contributed by atoms with E-state index in [1.807, 2.05) is 11.8 Å². The molecule has 0 spiro atoms. The fourth-order valence-electron chi connectivity index (χ4n) is 1.67. The van der Waals surface area contributed by atoms with Crippen molar-refractivity contribution in [3.05, 3.63) is 0 Å². The predicted octanol–water partition coefficient (Wildman–Crippen LogP) is 1.27. The highest BCUT2D eigenvalue weighted by Gasteiger charge is 2.26. The van der Waals surface area contributed by atoms with Crippen molar-refractivity contribution in [1.82, 2.24) is 4.90 Å². The molecular formula is C9H21NOSSi. The van der Waals surface area contributed by atoms with Crippen LogP contribution in [0.1, 0.15) is 0 Å². The quantitative estimate of drug-likeness (QED) is 0.723. The second kappa shape index (κ2) is 4.82. The molecular weight excluding hydrogens is 198 g/mol. The van der Waals surface area contributed by atoms with Gasteiger partial charge in [-0.3, -0.25) is 4.90 Å². The third-order valence-corrected chi connectivity index (χ3v) is 4.68. The Kier molecular flexibility index (Phi) is 4.29. The Morgan fingerprint density at radius 1 is 1.46 bits per heavy atom. The van der Waals surface area contributed by atoms with Gasteiger partial charge in [0.25, 0.3) is 0 Å². The summed E-state index contributed by atoms with van der Waals surface area (Å²) in [7, 11) is -0.997. The largest absolute Gasteiger partial charge is 0.395 e. The van der Waals surface area contributed by atoms with Crippen molar-refractivity contribution < 1.29 is 5.11 Å². The number of aliphatic hydroxyl groups excluding tert-OH is 1. The Morgan fingerprint density at radius 3 is 2.69 bits per heavy atom. The maximum atomic E-state index is 9.22. The van der Waals surface area contributed by atoms with Gasteiger partial charge in [0.05, 0.1) is 14.7 Å². The van der Waals surface area contributed by atoms with Crippen LogP contribution in [0.4, 0.5) is 0 Å². The summed E-state index contributed by atoms with van der Waals surface area (Å²) in [5.74, 6) is 2.35. The van der Waals surface area contributed by atoms with E-state index in [-0.39, 0.29) is 0 Å². The third-order valence-electron chi connectivity index (χ3n) is 2.24. The topological polar surface area (TPSA) is 23.5 Å². The number of nitrogens with zero attached hydrogens (tertiary/aromatic N) is 1. The Morgan fingerprint density at radius 2 is 2.15 bits per heavy atom. The lowest BCUT2D eigenvalue weighted by Gasteiger charge is -2.37. The van der Waals surface area contributed by atoms with Crippen molar-refractivity contribution in [2.24, 2.45) is 0 Å². The van der Waals surface area contributed by atoms with Gasteiger partial charge >= 0.3 is 0 Å². The number of hydrogen-bond acceptors (Lipinski definition) is 3. The fourth-order valence-corrected chi connectivity index (χ4v) is 4.43. The van der Waals surface area contributed by atoms with Crippen LogP contribution in [0.25, 0.3) is 0 Å². The van der Waals surface area contributed by atoms with Crippen LogP contribution in [0.5, 0.6) is 0 Å². The molecule has 0 aliphatic carbocycles. The minimum Gasteiger partial charge on any atom is -0.395 e. The fraction of sp³-hybridized carbons (Fsp3) is 1.00. The van der Waals surface area contributed by atoms with Gasteiger partial charge in [0, 0.05) is 24.1 Å². The molecule has 1 N–H and O–H groups in total. The monoisotopic (exact) mass is 219 g/mol. The van der Waals surface area contributed by atoms with Gasteiger partial charge in [-0.05, 0) is 6.17 Å². The minimum absolute atomic E-state index is 0.331. The highest BCUT2D eigenvalue weighted by atomic mass is 32.2. The van der Waals surface area contributed by atoms with Crippen molar-refractivity contribution >= 4 is 19.8 Å². The van der Waals surface area contributed by atoms with Gasteiger partial charge in [-0.25, -0.2) is 0 Å². The molecule has 78 valence electrons.